The van der Waals surface area contributed by atoms with Crippen molar-refractivity contribution in [3.63, 3.8) is 0 Å². The number of carbonyl (C=O) groups is 1. The Morgan fingerprint density at radius 3 is 3.12 bits per heavy atom. The number of rotatable bonds is 3. The standard InChI is InChI=1S/C10H10N4OS/c11-9-7(2-1-3-12-9)4-13-10(15)8-5-14-16-6-8/h1-3,5-6H,4H2,(H2,11,12)(H,13,15). The van der Waals surface area contributed by atoms with E-state index in [1.165, 1.54) is 17.7 Å². The van der Waals surface area contributed by atoms with Crippen LogP contribution in [0.2, 0.25) is 0 Å². The van der Waals surface area contributed by atoms with E-state index in [0.29, 0.717) is 17.9 Å². The van der Waals surface area contributed by atoms with Crippen LogP contribution in [0, 0.1) is 0 Å². The molecule has 1 amide bonds. The minimum atomic E-state index is -0.156. The molecular formula is C10H10N4OS. The average Bonchev–Trinajstić information content (AvgIpc) is 2.81. The van der Waals surface area contributed by atoms with E-state index in [-0.39, 0.29) is 5.91 Å². The van der Waals surface area contributed by atoms with Gasteiger partial charge in [0.2, 0.25) is 0 Å². The minimum absolute atomic E-state index is 0.156. The number of aromatic nitrogens is 2. The van der Waals surface area contributed by atoms with Crippen molar-refractivity contribution >= 4 is 23.3 Å². The Morgan fingerprint density at radius 2 is 2.44 bits per heavy atom. The van der Waals surface area contributed by atoms with Crippen LogP contribution in [0.15, 0.2) is 29.9 Å². The summed E-state index contributed by atoms with van der Waals surface area (Å²) in [5, 5.41) is 4.45. The predicted octanol–water partition coefficient (Wildman–Crippen LogP) is 1.05. The first-order valence-corrected chi connectivity index (χ1v) is 5.48. The molecule has 5 nitrogen and oxygen atoms in total. The van der Waals surface area contributed by atoms with Crippen molar-refractivity contribution < 1.29 is 4.79 Å². The van der Waals surface area contributed by atoms with Crippen molar-refractivity contribution in [2.75, 3.05) is 5.73 Å². The fourth-order valence-corrected chi connectivity index (χ4v) is 1.71. The van der Waals surface area contributed by atoms with Gasteiger partial charge < -0.3 is 11.1 Å². The maximum atomic E-state index is 11.6. The molecule has 0 aliphatic carbocycles. The SMILES string of the molecule is Nc1ncccc1CNC(=O)c1cnsc1. The quantitative estimate of drug-likeness (QED) is 0.831. The van der Waals surface area contributed by atoms with Gasteiger partial charge in [-0.05, 0) is 17.6 Å². The second-order valence-corrected chi connectivity index (χ2v) is 3.80. The van der Waals surface area contributed by atoms with E-state index in [1.54, 1.807) is 17.6 Å². The lowest BCUT2D eigenvalue weighted by atomic mass is 10.2. The summed E-state index contributed by atoms with van der Waals surface area (Å²) in [5.41, 5.74) is 7.02. The molecule has 0 bridgehead atoms. The molecule has 3 N–H and O–H groups in total. The number of amides is 1. The van der Waals surface area contributed by atoms with Crippen LogP contribution in [0.4, 0.5) is 5.82 Å². The zero-order chi connectivity index (χ0) is 11.4. The molecule has 0 saturated heterocycles. The molecule has 16 heavy (non-hydrogen) atoms. The van der Waals surface area contributed by atoms with Crippen LogP contribution < -0.4 is 11.1 Å². The van der Waals surface area contributed by atoms with Crippen LogP contribution in [0.3, 0.4) is 0 Å². The number of pyridine rings is 1. The Kier molecular flexibility index (Phi) is 3.11. The van der Waals surface area contributed by atoms with E-state index in [9.17, 15) is 4.79 Å². The fraction of sp³-hybridized carbons (Fsp3) is 0.100. The van der Waals surface area contributed by atoms with Crippen molar-refractivity contribution in [3.8, 4) is 0 Å². The summed E-state index contributed by atoms with van der Waals surface area (Å²) in [6.07, 6.45) is 3.15. The number of nitrogens with zero attached hydrogens (tertiary/aromatic N) is 2. The third-order valence-electron chi connectivity index (χ3n) is 2.06. The highest BCUT2D eigenvalue weighted by molar-refractivity contribution is 7.03. The molecule has 2 aromatic rings. The van der Waals surface area contributed by atoms with E-state index < -0.39 is 0 Å². The van der Waals surface area contributed by atoms with Gasteiger partial charge in [0.15, 0.2) is 0 Å². The average molecular weight is 234 g/mol. The first-order chi connectivity index (χ1) is 7.77. The summed E-state index contributed by atoms with van der Waals surface area (Å²) in [6, 6.07) is 3.61. The Bertz CT molecular complexity index is 483. The molecule has 0 aliphatic rings. The molecule has 0 atom stereocenters. The van der Waals surface area contributed by atoms with Gasteiger partial charge in [0.05, 0.1) is 11.8 Å². The Morgan fingerprint density at radius 1 is 1.56 bits per heavy atom. The van der Waals surface area contributed by atoms with Gasteiger partial charge in [0.1, 0.15) is 5.82 Å². The molecule has 2 heterocycles. The summed E-state index contributed by atoms with van der Waals surface area (Å²) >= 11 is 1.24. The van der Waals surface area contributed by atoms with Crippen molar-refractivity contribution in [2.45, 2.75) is 6.54 Å². The van der Waals surface area contributed by atoms with Crippen LogP contribution in [0.5, 0.6) is 0 Å². The number of nitrogen functional groups attached to an aromatic ring is 1. The zero-order valence-corrected chi connectivity index (χ0v) is 9.20. The number of nitrogens with two attached hydrogens (primary N) is 1. The third kappa shape index (κ3) is 2.34. The molecule has 0 spiro atoms. The molecule has 6 heteroatoms. The second kappa shape index (κ2) is 4.71. The fourth-order valence-electron chi connectivity index (χ4n) is 1.19. The number of nitrogens with one attached hydrogen (secondary N) is 1. The number of anilines is 1. The molecular weight excluding hydrogens is 224 g/mol. The van der Waals surface area contributed by atoms with Crippen molar-refractivity contribution in [1.29, 1.82) is 0 Å². The summed E-state index contributed by atoms with van der Waals surface area (Å²) in [5.74, 6) is 0.281. The van der Waals surface area contributed by atoms with Crippen molar-refractivity contribution in [1.82, 2.24) is 14.7 Å². The van der Waals surface area contributed by atoms with Gasteiger partial charge in [-0.25, -0.2) is 9.36 Å². The van der Waals surface area contributed by atoms with Crippen molar-refractivity contribution in [3.05, 3.63) is 41.0 Å². The van der Waals surface area contributed by atoms with Crippen LogP contribution in [0.25, 0.3) is 0 Å². The molecule has 2 aromatic heterocycles. The summed E-state index contributed by atoms with van der Waals surface area (Å²) in [4.78, 5) is 15.5. The molecule has 0 aromatic carbocycles. The van der Waals surface area contributed by atoms with Crippen LogP contribution in [-0.4, -0.2) is 15.3 Å². The predicted molar refractivity (Wildman–Crippen MR) is 61.9 cm³/mol. The van der Waals surface area contributed by atoms with Crippen LogP contribution in [0.1, 0.15) is 15.9 Å². The van der Waals surface area contributed by atoms with E-state index in [0.717, 1.165) is 5.56 Å². The van der Waals surface area contributed by atoms with Gasteiger partial charge in [0, 0.05) is 23.7 Å². The topological polar surface area (TPSA) is 80.9 Å². The highest BCUT2D eigenvalue weighted by Gasteiger charge is 2.07. The van der Waals surface area contributed by atoms with Crippen LogP contribution >= 0.6 is 11.5 Å². The lowest BCUT2D eigenvalue weighted by Crippen LogP contribution is -2.22. The van der Waals surface area contributed by atoms with E-state index in [4.69, 9.17) is 5.73 Å². The van der Waals surface area contributed by atoms with Gasteiger partial charge in [-0.2, -0.15) is 0 Å². The summed E-state index contributed by atoms with van der Waals surface area (Å²) in [6.45, 7) is 0.369. The molecule has 0 fully saturated rings. The lowest BCUT2D eigenvalue weighted by Gasteiger charge is -2.05. The zero-order valence-electron chi connectivity index (χ0n) is 8.38. The Hall–Kier alpha value is -1.95. The van der Waals surface area contributed by atoms with Gasteiger partial charge in [0.25, 0.3) is 5.91 Å². The minimum Gasteiger partial charge on any atom is -0.383 e. The molecule has 2 rings (SSSR count). The molecule has 0 aliphatic heterocycles. The molecule has 0 radical (unpaired) electrons. The largest absolute Gasteiger partial charge is 0.383 e. The van der Waals surface area contributed by atoms with E-state index in [1.807, 2.05) is 6.07 Å². The first kappa shape index (κ1) is 10.6. The molecule has 0 unspecified atom stereocenters. The Balaban J connectivity index is 1.98. The number of hydrogen-bond donors (Lipinski definition) is 2. The summed E-state index contributed by atoms with van der Waals surface area (Å²) in [7, 11) is 0. The first-order valence-electron chi connectivity index (χ1n) is 4.64. The third-order valence-corrected chi connectivity index (χ3v) is 2.65. The van der Waals surface area contributed by atoms with Crippen LogP contribution in [-0.2, 0) is 6.54 Å². The summed E-state index contributed by atoms with van der Waals surface area (Å²) < 4.78 is 3.86. The lowest BCUT2D eigenvalue weighted by molar-refractivity contribution is 0.0951. The maximum absolute atomic E-state index is 11.6. The second-order valence-electron chi connectivity index (χ2n) is 3.14. The van der Waals surface area contributed by atoms with Gasteiger partial charge in [-0.3, -0.25) is 4.79 Å². The smallest absolute Gasteiger partial charge is 0.254 e. The highest BCUT2D eigenvalue weighted by atomic mass is 32.1. The van der Waals surface area contributed by atoms with E-state index >= 15 is 0 Å². The Labute approximate surface area is 96.5 Å². The van der Waals surface area contributed by atoms with E-state index in [2.05, 4.69) is 14.7 Å². The monoisotopic (exact) mass is 234 g/mol. The number of hydrogen-bond acceptors (Lipinski definition) is 5. The normalized spacial score (nSPS) is 10.0. The maximum Gasteiger partial charge on any atom is 0.254 e. The van der Waals surface area contributed by atoms with Gasteiger partial charge in [-0.1, -0.05) is 6.07 Å². The van der Waals surface area contributed by atoms with Gasteiger partial charge >= 0.3 is 0 Å². The molecule has 0 saturated carbocycles. The number of carbonyl (C=O) groups excluding carboxylic acids is 1. The highest BCUT2D eigenvalue weighted by Crippen LogP contribution is 2.07. The van der Waals surface area contributed by atoms with Gasteiger partial charge in [-0.15, -0.1) is 0 Å². The van der Waals surface area contributed by atoms with Crippen molar-refractivity contribution in [2.24, 2.45) is 0 Å². The molecule has 82 valence electrons.